The Balaban J connectivity index is 2.16. The van der Waals surface area contributed by atoms with E-state index in [0.29, 0.717) is 17.8 Å². The molecule has 1 atom stereocenters. The predicted molar refractivity (Wildman–Crippen MR) is 81.5 cm³/mol. The van der Waals surface area contributed by atoms with Crippen molar-refractivity contribution in [2.24, 2.45) is 0 Å². The van der Waals surface area contributed by atoms with Gasteiger partial charge < -0.3 is 15.3 Å². The zero-order chi connectivity index (χ0) is 14.8. The number of nitrogens with one attached hydrogen (secondary N) is 1. The third-order valence-corrected chi connectivity index (χ3v) is 3.93. The molecule has 2 amide bonds. The van der Waals surface area contributed by atoms with E-state index in [1.165, 1.54) is 0 Å². The van der Waals surface area contributed by atoms with E-state index < -0.39 is 3.79 Å². The minimum absolute atomic E-state index is 0.0421. The summed E-state index contributed by atoms with van der Waals surface area (Å²) in [5.41, 5.74) is 0.874. The highest BCUT2D eigenvalue weighted by Crippen LogP contribution is 2.41. The van der Waals surface area contributed by atoms with Crippen molar-refractivity contribution >= 4 is 46.5 Å². The first-order valence-corrected chi connectivity index (χ1v) is 7.41. The van der Waals surface area contributed by atoms with Crippen molar-refractivity contribution < 1.29 is 9.90 Å². The molecule has 1 fully saturated rings. The third kappa shape index (κ3) is 3.50. The van der Waals surface area contributed by atoms with Crippen LogP contribution in [0.25, 0.3) is 0 Å². The van der Waals surface area contributed by atoms with Crippen LogP contribution in [0.2, 0.25) is 0 Å². The monoisotopic (exact) mass is 336 g/mol. The zero-order valence-electron chi connectivity index (χ0n) is 10.7. The largest absolute Gasteiger partial charge is 0.394 e. The van der Waals surface area contributed by atoms with Crippen molar-refractivity contribution in [3.63, 3.8) is 0 Å². The zero-order valence-corrected chi connectivity index (χ0v) is 12.9. The average molecular weight is 338 g/mol. The first-order chi connectivity index (χ1) is 9.43. The maximum atomic E-state index is 12.2. The van der Waals surface area contributed by atoms with Gasteiger partial charge in [-0.05, 0) is 18.9 Å². The van der Waals surface area contributed by atoms with Crippen LogP contribution in [0.1, 0.15) is 18.4 Å². The number of carbonyl (C=O) groups excluding carboxylic acids is 1. The number of benzene rings is 1. The van der Waals surface area contributed by atoms with E-state index in [9.17, 15) is 9.90 Å². The Bertz CT molecular complexity index is 491. The van der Waals surface area contributed by atoms with Gasteiger partial charge in [-0.15, -0.1) is 0 Å². The Kier molecular flexibility index (Phi) is 5.02. The number of nitrogens with zero attached hydrogens (tertiary/aromatic N) is 1. The number of hydrogen-bond acceptors (Lipinski definition) is 2. The molecular weight excluding hydrogens is 323 g/mol. The Morgan fingerprint density at radius 3 is 2.75 bits per heavy atom. The van der Waals surface area contributed by atoms with E-state index in [4.69, 9.17) is 34.8 Å². The smallest absolute Gasteiger partial charge is 0.322 e. The van der Waals surface area contributed by atoms with Crippen LogP contribution < -0.4 is 5.32 Å². The lowest BCUT2D eigenvalue weighted by atomic mass is 10.2. The summed E-state index contributed by atoms with van der Waals surface area (Å²) < 4.78 is -1.61. The van der Waals surface area contributed by atoms with Crippen molar-refractivity contribution in [2.75, 3.05) is 18.5 Å². The SMILES string of the molecule is O=C(Nc1ccccc1C(Cl)(Cl)Cl)N1CCCC1CO. The molecule has 0 radical (unpaired) electrons. The number of likely N-dealkylation sites (tertiary alicyclic amines) is 1. The normalized spacial score (nSPS) is 19.2. The molecule has 1 saturated heterocycles. The van der Waals surface area contributed by atoms with Crippen LogP contribution in [0.5, 0.6) is 0 Å². The Morgan fingerprint density at radius 2 is 2.10 bits per heavy atom. The van der Waals surface area contributed by atoms with E-state index in [1.807, 2.05) is 0 Å². The summed E-state index contributed by atoms with van der Waals surface area (Å²) in [7, 11) is 0. The maximum Gasteiger partial charge on any atom is 0.322 e. The lowest BCUT2D eigenvalue weighted by molar-refractivity contribution is 0.166. The van der Waals surface area contributed by atoms with Crippen LogP contribution in [0.15, 0.2) is 24.3 Å². The summed E-state index contributed by atoms with van der Waals surface area (Å²) in [4.78, 5) is 13.8. The second kappa shape index (κ2) is 6.39. The van der Waals surface area contributed by atoms with Crippen molar-refractivity contribution in [1.29, 1.82) is 0 Å². The maximum absolute atomic E-state index is 12.2. The van der Waals surface area contributed by atoms with E-state index in [0.717, 1.165) is 12.8 Å². The Labute approximate surface area is 132 Å². The molecule has 0 aromatic heterocycles. The lowest BCUT2D eigenvalue weighted by Crippen LogP contribution is -2.40. The number of hydrogen-bond donors (Lipinski definition) is 2. The molecule has 7 heteroatoms. The summed E-state index contributed by atoms with van der Waals surface area (Å²) in [6.45, 7) is 0.576. The summed E-state index contributed by atoms with van der Waals surface area (Å²) in [5, 5.41) is 12.0. The summed E-state index contributed by atoms with van der Waals surface area (Å²) >= 11 is 17.7. The van der Waals surface area contributed by atoms with E-state index >= 15 is 0 Å². The van der Waals surface area contributed by atoms with Gasteiger partial charge in [-0.2, -0.15) is 0 Å². The lowest BCUT2D eigenvalue weighted by Gasteiger charge is -2.25. The molecular formula is C13H15Cl3N2O2. The standard InChI is InChI=1S/C13H15Cl3N2O2/c14-13(15,16)10-5-1-2-6-11(10)17-12(20)18-7-3-4-9(18)8-19/h1-2,5-6,9,19H,3-4,7-8H2,(H,17,20). The third-order valence-electron chi connectivity index (χ3n) is 3.32. The van der Waals surface area contributed by atoms with Crippen molar-refractivity contribution in [2.45, 2.75) is 22.7 Å². The molecule has 1 aromatic rings. The van der Waals surface area contributed by atoms with Gasteiger partial charge in [0.15, 0.2) is 0 Å². The molecule has 1 aliphatic heterocycles. The van der Waals surface area contributed by atoms with Gasteiger partial charge in [0.2, 0.25) is 3.79 Å². The van der Waals surface area contributed by atoms with Crippen LogP contribution in [-0.4, -0.2) is 35.2 Å². The number of aliphatic hydroxyl groups is 1. The van der Waals surface area contributed by atoms with Crippen LogP contribution in [0.4, 0.5) is 10.5 Å². The molecule has 1 aliphatic rings. The van der Waals surface area contributed by atoms with Crippen LogP contribution in [0.3, 0.4) is 0 Å². The number of aliphatic hydroxyl groups excluding tert-OH is 1. The molecule has 2 N–H and O–H groups in total. The molecule has 110 valence electrons. The molecule has 0 aliphatic carbocycles. The fraction of sp³-hybridized carbons (Fsp3) is 0.462. The minimum atomic E-state index is -1.61. The molecule has 0 spiro atoms. The first-order valence-electron chi connectivity index (χ1n) is 6.28. The van der Waals surface area contributed by atoms with Gasteiger partial charge in [0.1, 0.15) is 0 Å². The quantitative estimate of drug-likeness (QED) is 0.812. The summed E-state index contributed by atoms with van der Waals surface area (Å²) in [6, 6.07) is 6.38. The van der Waals surface area contributed by atoms with Crippen molar-refractivity contribution in [3.8, 4) is 0 Å². The van der Waals surface area contributed by atoms with Gasteiger partial charge >= 0.3 is 6.03 Å². The number of carbonyl (C=O) groups is 1. The van der Waals surface area contributed by atoms with Gasteiger partial charge in [0.05, 0.1) is 12.6 Å². The number of para-hydroxylation sites is 1. The van der Waals surface area contributed by atoms with Crippen molar-refractivity contribution in [3.05, 3.63) is 29.8 Å². The Hall–Kier alpha value is -0.680. The molecule has 0 bridgehead atoms. The highest BCUT2D eigenvalue weighted by Gasteiger charge is 2.30. The molecule has 2 rings (SSSR count). The predicted octanol–water partition coefficient (Wildman–Crippen LogP) is 3.50. The molecule has 0 saturated carbocycles. The fourth-order valence-corrected chi connectivity index (χ4v) is 2.81. The highest BCUT2D eigenvalue weighted by atomic mass is 35.6. The highest BCUT2D eigenvalue weighted by molar-refractivity contribution is 6.67. The van der Waals surface area contributed by atoms with Gasteiger partial charge in [-0.1, -0.05) is 53.0 Å². The first kappa shape index (κ1) is 15.7. The van der Waals surface area contributed by atoms with Crippen LogP contribution >= 0.6 is 34.8 Å². The molecule has 1 aromatic carbocycles. The average Bonchev–Trinajstić information content (AvgIpc) is 2.86. The number of amides is 2. The van der Waals surface area contributed by atoms with Crippen molar-refractivity contribution in [1.82, 2.24) is 4.90 Å². The van der Waals surface area contributed by atoms with Crippen LogP contribution in [-0.2, 0) is 3.79 Å². The molecule has 1 unspecified atom stereocenters. The molecule has 20 heavy (non-hydrogen) atoms. The van der Waals surface area contributed by atoms with Gasteiger partial charge in [0, 0.05) is 17.8 Å². The van der Waals surface area contributed by atoms with E-state index in [2.05, 4.69) is 5.32 Å². The van der Waals surface area contributed by atoms with E-state index in [-0.39, 0.29) is 18.7 Å². The number of urea groups is 1. The second-order valence-corrected chi connectivity index (χ2v) is 6.93. The van der Waals surface area contributed by atoms with Gasteiger partial charge in [0.25, 0.3) is 0 Å². The van der Waals surface area contributed by atoms with Gasteiger partial charge in [-0.25, -0.2) is 4.79 Å². The summed E-state index contributed by atoms with van der Waals surface area (Å²) in [5.74, 6) is 0. The number of rotatable bonds is 2. The topological polar surface area (TPSA) is 52.6 Å². The fourth-order valence-electron chi connectivity index (χ4n) is 2.32. The van der Waals surface area contributed by atoms with Gasteiger partial charge in [-0.3, -0.25) is 0 Å². The number of halogens is 3. The number of alkyl halides is 3. The molecule has 1 heterocycles. The number of anilines is 1. The van der Waals surface area contributed by atoms with Crippen LogP contribution in [0, 0.1) is 0 Å². The molecule has 4 nitrogen and oxygen atoms in total. The second-order valence-electron chi connectivity index (χ2n) is 4.65. The summed E-state index contributed by atoms with van der Waals surface area (Å²) in [6.07, 6.45) is 1.68. The minimum Gasteiger partial charge on any atom is -0.394 e. The van der Waals surface area contributed by atoms with E-state index in [1.54, 1.807) is 29.2 Å². The Morgan fingerprint density at radius 1 is 1.40 bits per heavy atom.